The van der Waals surface area contributed by atoms with Gasteiger partial charge in [0.05, 0.1) is 6.10 Å². The maximum absolute atomic E-state index is 11.1. The molecule has 1 atom stereocenters. The smallest absolute Gasteiger partial charge is 0.335 e. The first-order valence-electron chi connectivity index (χ1n) is 5.49. The highest BCUT2D eigenvalue weighted by Crippen LogP contribution is 2.28. The second kappa shape index (κ2) is 4.78. The van der Waals surface area contributed by atoms with Crippen LogP contribution in [0.3, 0.4) is 0 Å². The molecule has 1 unspecified atom stereocenters. The molecule has 3 nitrogen and oxygen atoms in total. The lowest BCUT2D eigenvalue weighted by Crippen LogP contribution is -2.41. The normalized spacial score (nSPS) is 22.1. The molecule has 0 aromatic rings. The molecule has 0 radical (unpaired) electrons. The van der Waals surface area contributed by atoms with Crippen LogP contribution in [0.1, 0.15) is 52.4 Å². The summed E-state index contributed by atoms with van der Waals surface area (Å²) in [6.07, 6.45) is 6.00. The number of rotatable bonds is 5. The van der Waals surface area contributed by atoms with Crippen LogP contribution >= 0.6 is 0 Å². The molecule has 0 spiro atoms. The first-order chi connectivity index (χ1) is 6.58. The fourth-order valence-corrected chi connectivity index (χ4v) is 2.07. The second-order valence-corrected chi connectivity index (χ2v) is 4.31. The molecule has 0 amide bonds. The number of aliphatic carboxylic acids is 1. The Morgan fingerprint density at radius 3 is 2.50 bits per heavy atom. The lowest BCUT2D eigenvalue weighted by Gasteiger charge is -2.28. The van der Waals surface area contributed by atoms with E-state index in [0.29, 0.717) is 6.42 Å². The third-order valence-corrected chi connectivity index (χ3v) is 2.91. The van der Waals surface area contributed by atoms with E-state index in [9.17, 15) is 4.79 Å². The Balaban J connectivity index is 2.53. The van der Waals surface area contributed by atoms with Crippen molar-refractivity contribution in [3.63, 3.8) is 0 Å². The molecule has 0 saturated heterocycles. The Bertz CT molecular complexity index is 197. The predicted octanol–water partition coefficient (Wildman–Crippen LogP) is 2.59. The SMILES string of the molecule is CCCC(C)(OC1CCCC1)C(=O)O. The van der Waals surface area contributed by atoms with Gasteiger partial charge < -0.3 is 9.84 Å². The number of carboxylic acid groups (broad SMARTS) is 1. The van der Waals surface area contributed by atoms with Gasteiger partial charge in [-0.05, 0) is 26.2 Å². The van der Waals surface area contributed by atoms with Crippen LogP contribution in [0.2, 0.25) is 0 Å². The lowest BCUT2D eigenvalue weighted by molar-refractivity contribution is -0.171. The Kier molecular flexibility index (Phi) is 3.93. The van der Waals surface area contributed by atoms with E-state index in [0.717, 1.165) is 19.3 Å². The van der Waals surface area contributed by atoms with Gasteiger partial charge in [0.1, 0.15) is 0 Å². The molecule has 1 fully saturated rings. The number of carboxylic acids is 1. The second-order valence-electron chi connectivity index (χ2n) is 4.31. The molecule has 1 saturated carbocycles. The van der Waals surface area contributed by atoms with Crippen molar-refractivity contribution in [2.45, 2.75) is 64.1 Å². The summed E-state index contributed by atoms with van der Waals surface area (Å²) >= 11 is 0. The van der Waals surface area contributed by atoms with Gasteiger partial charge in [-0.15, -0.1) is 0 Å². The standard InChI is InChI=1S/C11H20O3/c1-3-8-11(2,10(12)13)14-9-6-4-5-7-9/h9H,3-8H2,1-2H3,(H,12,13). The first kappa shape index (κ1) is 11.5. The fraction of sp³-hybridized carbons (Fsp3) is 0.909. The highest BCUT2D eigenvalue weighted by molar-refractivity contribution is 5.76. The molecule has 1 rings (SSSR count). The van der Waals surface area contributed by atoms with Gasteiger partial charge in [-0.3, -0.25) is 0 Å². The topological polar surface area (TPSA) is 46.5 Å². The quantitative estimate of drug-likeness (QED) is 0.742. The molecular weight excluding hydrogens is 180 g/mol. The van der Waals surface area contributed by atoms with E-state index >= 15 is 0 Å². The Morgan fingerprint density at radius 2 is 2.07 bits per heavy atom. The third-order valence-electron chi connectivity index (χ3n) is 2.91. The van der Waals surface area contributed by atoms with E-state index in [1.165, 1.54) is 12.8 Å². The van der Waals surface area contributed by atoms with Crippen LogP contribution in [0.5, 0.6) is 0 Å². The number of carbonyl (C=O) groups is 1. The summed E-state index contributed by atoms with van der Waals surface area (Å²) in [5, 5.41) is 9.10. The van der Waals surface area contributed by atoms with E-state index in [1.54, 1.807) is 6.92 Å². The number of ether oxygens (including phenoxy) is 1. The minimum atomic E-state index is -0.968. The summed E-state index contributed by atoms with van der Waals surface area (Å²) < 4.78 is 5.70. The molecule has 1 aliphatic rings. The van der Waals surface area contributed by atoms with E-state index in [-0.39, 0.29) is 6.10 Å². The summed E-state index contributed by atoms with van der Waals surface area (Å²) in [5.74, 6) is -0.828. The Hall–Kier alpha value is -0.570. The molecule has 14 heavy (non-hydrogen) atoms. The fourth-order valence-electron chi connectivity index (χ4n) is 2.07. The zero-order chi connectivity index (χ0) is 10.6. The zero-order valence-corrected chi connectivity index (χ0v) is 9.08. The number of hydrogen-bond acceptors (Lipinski definition) is 2. The predicted molar refractivity (Wildman–Crippen MR) is 54.3 cm³/mol. The molecule has 3 heteroatoms. The minimum Gasteiger partial charge on any atom is -0.479 e. The van der Waals surface area contributed by atoms with E-state index < -0.39 is 11.6 Å². The van der Waals surface area contributed by atoms with Gasteiger partial charge in [-0.1, -0.05) is 26.2 Å². The summed E-state index contributed by atoms with van der Waals surface area (Å²) in [6, 6.07) is 0. The van der Waals surface area contributed by atoms with Crippen molar-refractivity contribution < 1.29 is 14.6 Å². The van der Waals surface area contributed by atoms with E-state index in [4.69, 9.17) is 9.84 Å². The van der Waals surface area contributed by atoms with Gasteiger partial charge >= 0.3 is 5.97 Å². The third kappa shape index (κ3) is 2.71. The van der Waals surface area contributed by atoms with Crippen molar-refractivity contribution in [3.8, 4) is 0 Å². The molecule has 0 aromatic carbocycles. The van der Waals surface area contributed by atoms with Crippen molar-refractivity contribution in [2.75, 3.05) is 0 Å². The Labute approximate surface area is 85.5 Å². The first-order valence-corrected chi connectivity index (χ1v) is 5.49. The molecular formula is C11H20O3. The van der Waals surface area contributed by atoms with Crippen LogP contribution in [0.4, 0.5) is 0 Å². The highest BCUT2D eigenvalue weighted by atomic mass is 16.5. The summed E-state index contributed by atoms with van der Waals surface area (Å²) in [7, 11) is 0. The van der Waals surface area contributed by atoms with Gasteiger partial charge in [-0.2, -0.15) is 0 Å². The maximum Gasteiger partial charge on any atom is 0.335 e. The van der Waals surface area contributed by atoms with Crippen molar-refractivity contribution in [1.82, 2.24) is 0 Å². The van der Waals surface area contributed by atoms with Gasteiger partial charge in [0.25, 0.3) is 0 Å². The largest absolute Gasteiger partial charge is 0.479 e. The van der Waals surface area contributed by atoms with Crippen molar-refractivity contribution in [2.24, 2.45) is 0 Å². The zero-order valence-electron chi connectivity index (χ0n) is 9.08. The van der Waals surface area contributed by atoms with Crippen molar-refractivity contribution in [3.05, 3.63) is 0 Å². The van der Waals surface area contributed by atoms with Gasteiger partial charge in [-0.25, -0.2) is 4.79 Å². The molecule has 0 heterocycles. The monoisotopic (exact) mass is 200 g/mol. The highest BCUT2D eigenvalue weighted by Gasteiger charge is 2.36. The lowest BCUT2D eigenvalue weighted by atomic mass is 10.00. The summed E-state index contributed by atoms with van der Waals surface area (Å²) in [6.45, 7) is 3.68. The average molecular weight is 200 g/mol. The van der Waals surface area contributed by atoms with Crippen LogP contribution in [0, 0.1) is 0 Å². The molecule has 0 aliphatic heterocycles. The van der Waals surface area contributed by atoms with Gasteiger partial charge in [0.2, 0.25) is 0 Å². The van der Waals surface area contributed by atoms with E-state index in [1.807, 2.05) is 6.92 Å². The van der Waals surface area contributed by atoms with Crippen LogP contribution in [-0.4, -0.2) is 22.8 Å². The molecule has 1 N–H and O–H groups in total. The minimum absolute atomic E-state index is 0.169. The van der Waals surface area contributed by atoms with Gasteiger partial charge in [0.15, 0.2) is 5.60 Å². The van der Waals surface area contributed by atoms with Crippen LogP contribution in [0.25, 0.3) is 0 Å². The van der Waals surface area contributed by atoms with Gasteiger partial charge in [0, 0.05) is 0 Å². The molecule has 82 valence electrons. The Morgan fingerprint density at radius 1 is 1.50 bits per heavy atom. The van der Waals surface area contributed by atoms with E-state index in [2.05, 4.69) is 0 Å². The van der Waals surface area contributed by atoms with Crippen molar-refractivity contribution in [1.29, 1.82) is 0 Å². The van der Waals surface area contributed by atoms with Crippen LogP contribution in [-0.2, 0) is 9.53 Å². The molecule has 0 aromatic heterocycles. The summed E-state index contributed by atoms with van der Waals surface area (Å²) in [4.78, 5) is 11.1. The molecule has 0 bridgehead atoms. The summed E-state index contributed by atoms with van der Waals surface area (Å²) in [5.41, 5.74) is -0.968. The van der Waals surface area contributed by atoms with Crippen LogP contribution < -0.4 is 0 Å². The number of hydrogen-bond donors (Lipinski definition) is 1. The maximum atomic E-state index is 11.1. The average Bonchev–Trinajstić information content (AvgIpc) is 2.56. The van der Waals surface area contributed by atoms with Crippen molar-refractivity contribution >= 4 is 5.97 Å². The van der Waals surface area contributed by atoms with Crippen LogP contribution in [0.15, 0.2) is 0 Å². The molecule has 1 aliphatic carbocycles.